The minimum Gasteiger partial charge on any atom is -0.282 e. The number of hydrogen-bond acceptors (Lipinski definition) is 5. The van der Waals surface area contributed by atoms with Crippen LogP contribution >= 0.6 is 35.3 Å². The molecule has 0 heterocycles. The second-order valence-corrected chi connectivity index (χ2v) is 10.5. The zero-order chi connectivity index (χ0) is 18.4. The van der Waals surface area contributed by atoms with Gasteiger partial charge >= 0.3 is 0 Å². The Morgan fingerprint density at radius 1 is 0.720 bits per heavy atom. The van der Waals surface area contributed by atoms with E-state index in [0.717, 1.165) is 25.7 Å². The number of hydrogen-bond donors (Lipinski definition) is 0. The number of carbonyl (C=O) groups is 2. The van der Waals surface area contributed by atoms with Gasteiger partial charge in [0.15, 0.2) is 0 Å². The van der Waals surface area contributed by atoms with Gasteiger partial charge in [-0.15, -0.1) is 11.8 Å². The Balaban J connectivity index is 1.77. The van der Waals surface area contributed by atoms with Gasteiger partial charge in [0.2, 0.25) is 10.2 Å². The summed E-state index contributed by atoms with van der Waals surface area (Å²) in [6.07, 6.45) is 13.2. The van der Waals surface area contributed by atoms with Gasteiger partial charge in [-0.25, -0.2) is 0 Å². The fourth-order valence-electron chi connectivity index (χ4n) is 2.66. The van der Waals surface area contributed by atoms with Crippen LogP contribution in [-0.2, 0) is 9.59 Å². The first kappa shape index (κ1) is 20.7. The molecule has 0 saturated heterocycles. The first-order chi connectivity index (χ1) is 11.8. The van der Waals surface area contributed by atoms with Gasteiger partial charge in [0.1, 0.15) is 0 Å². The van der Waals surface area contributed by atoms with Gasteiger partial charge in [0.05, 0.1) is 0 Å². The van der Waals surface area contributed by atoms with Gasteiger partial charge in [0.25, 0.3) is 0 Å². The fourth-order valence-corrected chi connectivity index (χ4v) is 5.82. The quantitative estimate of drug-likeness (QED) is 0.435. The summed E-state index contributed by atoms with van der Waals surface area (Å²) >= 11 is 4.79. The predicted octanol–water partition coefficient (Wildman–Crippen LogP) is 5.57. The number of carbonyl (C=O) groups excluding carboxylic acids is 2. The predicted molar refractivity (Wildman–Crippen MR) is 114 cm³/mol. The lowest BCUT2D eigenvalue weighted by molar-refractivity contribution is -0.108. The van der Waals surface area contributed by atoms with Crippen molar-refractivity contribution in [2.75, 3.05) is 0 Å². The van der Waals surface area contributed by atoms with Crippen molar-refractivity contribution in [3.8, 4) is 0 Å². The lowest BCUT2D eigenvalue weighted by Gasteiger charge is -2.27. The van der Waals surface area contributed by atoms with Crippen LogP contribution < -0.4 is 0 Å². The van der Waals surface area contributed by atoms with Gasteiger partial charge in [-0.3, -0.25) is 9.59 Å². The maximum atomic E-state index is 11.7. The van der Waals surface area contributed by atoms with E-state index in [4.69, 9.17) is 0 Å². The second-order valence-electron chi connectivity index (χ2n) is 6.59. The third kappa shape index (κ3) is 6.87. The summed E-state index contributed by atoms with van der Waals surface area (Å²) in [5.41, 5.74) is 1.25. The summed E-state index contributed by atoms with van der Waals surface area (Å²) in [4.78, 5) is 23.5. The highest BCUT2D eigenvalue weighted by molar-refractivity contribution is 8.15. The van der Waals surface area contributed by atoms with E-state index in [-0.39, 0.29) is 20.7 Å². The van der Waals surface area contributed by atoms with Gasteiger partial charge in [-0.2, -0.15) is 0 Å². The van der Waals surface area contributed by atoms with Gasteiger partial charge < -0.3 is 0 Å². The van der Waals surface area contributed by atoms with E-state index in [1.54, 1.807) is 13.8 Å². The van der Waals surface area contributed by atoms with E-state index in [1.165, 1.54) is 23.5 Å². The molecule has 0 saturated carbocycles. The van der Waals surface area contributed by atoms with Crippen LogP contribution in [0.1, 0.15) is 39.5 Å². The lowest BCUT2D eigenvalue weighted by Crippen LogP contribution is -2.19. The summed E-state index contributed by atoms with van der Waals surface area (Å²) in [5, 5.41) is 1.82. The smallest absolute Gasteiger partial charge is 0.215 e. The minimum absolute atomic E-state index is 0.101. The first-order valence-electron chi connectivity index (χ1n) is 8.60. The molecule has 0 radical (unpaired) electrons. The highest BCUT2D eigenvalue weighted by Gasteiger charge is 2.24. The molecule has 0 N–H and O–H groups in total. The molecular formula is C20H26O2S3. The van der Waals surface area contributed by atoms with E-state index in [1.807, 2.05) is 11.8 Å². The molecule has 2 aliphatic carbocycles. The molecule has 25 heavy (non-hydrogen) atoms. The normalized spacial score (nSPS) is 28.6. The molecule has 0 fully saturated rings. The van der Waals surface area contributed by atoms with Gasteiger partial charge in [0, 0.05) is 21.0 Å². The molecule has 0 aromatic heterocycles. The summed E-state index contributed by atoms with van der Waals surface area (Å²) in [6.45, 7) is 11.0. The monoisotopic (exact) mass is 394 g/mol. The fraction of sp³-hybridized carbons (Fsp3) is 0.500. The van der Waals surface area contributed by atoms with Crippen LogP contribution in [0.25, 0.3) is 0 Å². The van der Waals surface area contributed by atoms with Crippen molar-refractivity contribution in [2.24, 2.45) is 0 Å². The van der Waals surface area contributed by atoms with E-state index in [0.29, 0.717) is 21.6 Å². The Kier molecular flexibility index (Phi) is 8.17. The number of rotatable bonds is 6. The summed E-state index contributed by atoms with van der Waals surface area (Å²) < 4.78 is 0. The average molecular weight is 395 g/mol. The number of thioether (sulfide) groups is 3. The molecule has 136 valence electrons. The van der Waals surface area contributed by atoms with Crippen LogP contribution in [0, 0.1) is 0 Å². The Hall–Kier alpha value is -0.650. The molecule has 0 bridgehead atoms. The van der Waals surface area contributed by atoms with Crippen molar-refractivity contribution in [2.45, 2.75) is 60.5 Å². The summed E-state index contributed by atoms with van der Waals surface area (Å²) in [6, 6.07) is 0. The molecular weight excluding hydrogens is 368 g/mol. The molecule has 2 aliphatic rings. The topological polar surface area (TPSA) is 34.1 Å². The largest absolute Gasteiger partial charge is 0.282 e. The van der Waals surface area contributed by atoms with E-state index < -0.39 is 0 Å². The van der Waals surface area contributed by atoms with Crippen LogP contribution in [-0.4, -0.2) is 31.2 Å². The molecule has 0 aromatic rings. The van der Waals surface area contributed by atoms with Crippen molar-refractivity contribution in [1.29, 1.82) is 0 Å². The molecule has 0 spiro atoms. The van der Waals surface area contributed by atoms with Crippen LogP contribution in [0.3, 0.4) is 0 Å². The standard InChI is InChI=1S/C20H26O2S3/c1-13(2)19(21)24-17-9-5-15(6-10-17)23-16-7-11-18(12-8-16)25-20(22)14(3)4/h5,7,9,11,15-18H,1,3,6,8,10,12H2,2,4H3. The van der Waals surface area contributed by atoms with Crippen LogP contribution in [0.2, 0.25) is 0 Å². The first-order valence-corrected chi connectivity index (χ1v) is 11.3. The maximum Gasteiger partial charge on any atom is 0.215 e. The SMILES string of the molecule is C=C(C)C(=O)SC1C=CC(SC2C=CC(SC(=O)C(=C)C)CC2)CC1. The second kappa shape index (κ2) is 9.89. The zero-order valence-corrected chi connectivity index (χ0v) is 17.4. The molecule has 0 amide bonds. The Morgan fingerprint density at radius 3 is 1.32 bits per heavy atom. The molecule has 4 atom stereocenters. The van der Waals surface area contributed by atoms with Crippen molar-refractivity contribution >= 4 is 45.5 Å². The van der Waals surface area contributed by atoms with Gasteiger partial charge in [-0.1, -0.05) is 61.0 Å². The third-order valence-corrected chi connectivity index (χ3v) is 8.12. The molecule has 2 nitrogen and oxygen atoms in total. The summed E-state index contributed by atoms with van der Waals surface area (Å²) in [5.74, 6) is 0. The summed E-state index contributed by atoms with van der Waals surface area (Å²) in [7, 11) is 0. The van der Waals surface area contributed by atoms with Crippen molar-refractivity contribution in [1.82, 2.24) is 0 Å². The third-order valence-electron chi connectivity index (χ3n) is 4.12. The van der Waals surface area contributed by atoms with Crippen molar-refractivity contribution in [3.63, 3.8) is 0 Å². The van der Waals surface area contributed by atoms with Crippen LogP contribution in [0.5, 0.6) is 0 Å². The van der Waals surface area contributed by atoms with Crippen molar-refractivity contribution in [3.05, 3.63) is 48.6 Å². The highest BCUT2D eigenvalue weighted by atomic mass is 32.2. The van der Waals surface area contributed by atoms with E-state index in [2.05, 4.69) is 37.5 Å². The molecule has 4 unspecified atom stereocenters. The molecule has 2 rings (SSSR count). The maximum absolute atomic E-state index is 11.7. The Labute approximate surface area is 164 Å². The Morgan fingerprint density at radius 2 is 1.04 bits per heavy atom. The van der Waals surface area contributed by atoms with Crippen molar-refractivity contribution < 1.29 is 9.59 Å². The van der Waals surface area contributed by atoms with Crippen LogP contribution in [0.4, 0.5) is 0 Å². The van der Waals surface area contributed by atoms with Crippen LogP contribution in [0.15, 0.2) is 48.6 Å². The molecule has 5 heteroatoms. The minimum atomic E-state index is 0.101. The zero-order valence-electron chi connectivity index (χ0n) is 14.9. The van der Waals surface area contributed by atoms with E-state index >= 15 is 0 Å². The molecule has 0 aliphatic heterocycles. The Bertz CT molecular complexity index is 554. The highest BCUT2D eigenvalue weighted by Crippen LogP contribution is 2.36. The lowest BCUT2D eigenvalue weighted by atomic mass is 10.1. The molecule has 0 aromatic carbocycles. The van der Waals surface area contributed by atoms with Gasteiger partial charge in [-0.05, 0) is 50.7 Å². The van der Waals surface area contributed by atoms with E-state index in [9.17, 15) is 9.59 Å². The average Bonchev–Trinajstić information content (AvgIpc) is 2.58.